The van der Waals surface area contributed by atoms with Crippen LogP contribution >= 0.6 is 0 Å². The lowest BCUT2D eigenvalue weighted by molar-refractivity contribution is 0.619. The van der Waals surface area contributed by atoms with Crippen LogP contribution in [0.25, 0.3) is 0 Å². The second kappa shape index (κ2) is 4.93. The molecule has 0 fully saturated rings. The van der Waals surface area contributed by atoms with E-state index in [1.54, 1.807) is 19.1 Å². The zero-order valence-corrected chi connectivity index (χ0v) is 11.2. The van der Waals surface area contributed by atoms with Gasteiger partial charge in [0.05, 0.1) is 5.56 Å². The second-order valence-corrected chi connectivity index (χ2v) is 4.99. The largest absolute Gasteiger partial charge is 0.339 e. The molecule has 2 aromatic rings. The average molecular weight is 267 g/mol. The number of hydrogen-bond donors (Lipinski definition) is 1. The molecule has 1 aliphatic carbocycles. The lowest BCUT2D eigenvalue weighted by Crippen LogP contribution is -2.02. The van der Waals surface area contributed by atoms with Crippen LogP contribution in [0.4, 0.5) is 15.9 Å². The summed E-state index contributed by atoms with van der Waals surface area (Å²) in [4.78, 5) is 4.53. The Bertz CT molecular complexity index is 716. The molecule has 0 radical (unpaired) electrons. The smallest absolute Gasteiger partial charge is 0.148 e. The predicted molar refractivity (Wildman–Crippen MR) is 75.4 cm³/mol. The number of nitrogens with one attached hydrogen (secondary N) is 1. The van der Waals surface area contributed by atoms with Gasteiger partial charge in [-0.25, -0.2) is 9.37 Å². The molecule has 1 aromatic heterocycles. The van der Waals surface area contributed by atoms with Gasteiger partial charge in [-0.2, -0.15) is 5.26 Å². The molecule has 1 aliphatic rings. The molecule has 4 heteroatoms. The van der Waals surface area contributed by atoms with Crippen molar-refractivity contribution >= 4 is 11.5 Å². The molecule has 1 aromatic carbocycles. The van der Waals surface area contributed by atoms with Crippen molar-refractivity contribution in [1.29, 1.82) is 5.26 Å². The van der Waals surface area contributed by atoms with Gasteiger partial charge in [0.2, 0.25) is 0 Å². The number of hydrogen-bond acceptors (Lipinski definition) is 3. The van der Waals surface area contributed by atoms with Gasteiger partial charge in [0.15, 0.2) is 0 Å². The van der Waals surface area contributed by atoms with Crippen LogP contribution in [0.3, 0.4) is 0 Å². The highest BCUT2D eigenvalue weighted by Gasteiger charge is 2.17. The molecule has 0 bridgehead atoms. The minimum Gasteiger partial charge on any atom is -0.339 e. The van der Waals surface area contributed by atoms with Gasteiger partial charge in [-0.3, -0.25) is 0 Å². The highest BCUT2D eigenvalue weighted by atomic mass is 19.1. The second-order valence-electron chi connectivity index (χ2n) is 4.99. The Morgan fingerprint density at radius 2 is 2.20 bits per heavy atom. The van der Waals surface area contributed by atoms with Crippen molar-refractivity contribution in [3.63, 3.8) is 0 Å². The van der Waals surface area contributed by atoms with Crippen LogP contribution in [-0.2, 0) is 12.8 Å². The maximum absolute atomic E-state index is 13.6. The molecule has 0 atom stereocenters. The van der Waals surface area contributed by atoms with Crippen molar-refractivity contribution in [3.05, 3.63) is 52.5 Å². The summed E-state index contributed by atoms with van der Waals surface area (Å²) in [6.07, 6.45) is 3.00. The van der Waals surface area contributed by atoms with Gasteiger partial charge in [0.25, 0.3) is 0 Å². The average Bonchev–Trinajstić information content (AvgIpc) is 2.90. The normalized spacial score (nSPS) is 12.8. The molecule has 1 heterocycles. The Kier molecular flexibility index (Phi) is 3.11. The molecule has 0 saturated heterocycles. The molecule has 0 spiro atoms. The Labute approximate surface area is 117 Å². The summed E-state index contributed by atoms with van der Waals surface area (Å²) in [5.74, 6) is 0.247. The first-order valence-corrected chi connectivity index (χ1v) is 6.64. The Morgan fingerprint density at radius 3 is 3.00 bits per heavy atom. The van der Waals surface area contributed by atoms with Crippen LogP contribution in [0.1, 0.15) is 28.8 Å². The van der Waals surface area contributed by atoms with E-state index in [4.69, 9.17) is 0 Å². The molecule has 0 saturated carbocycles. The Morgan fingerprint density at radius 1 is 1.35 bits per heavy atom. The van der Waals surface area contributed by atoms with E-state index >= 15 is 0 Å². The van der Waals surface area contributed by atoms with Gasteiger partial charge in [0, 0.05) is 16.9 Å². The molecule has 1 N–H and O–H groups in total. The summed E-state index contributed by atoms with van der Waals surface area (Å²) < 4.78 is 13.6. The highest BCUT2D eigenvalue weighted by molar-refractivity contribution is 5.66. The van der Waals surface area contributed by atoms with Crippen LogP contribution in [0, 0.1) is 24.1 Å². The third-order valence-corrected chi connectivity index (χ3v) is 3.69. The van der Waals surface area contributed by atoms with E-state index < -0.39 is 0 Å². The molecule has 3 nitrogen and oxygen atoms in total. The van der Waals surface area contributed by atoms with Crippen molar-refractivity contribution in [2.45, 2.75) is 26.2 Å². The van der Waals surface area contributed by atoms with Crippen LogP contribution < -0.4 is 5.32 Å². The fourth-order valence-electron chi connectivity index (χ4n) is 2.52. The van der Waals surface area contributed by atoms with Crippen molar-refractivity contribution in [2.75, 3.05) is 5.32 Å². The van der Waals surface area contributed by atoms with E-state index in [9.17, 15) is 9.65 Å². The number of fused-ring (bicyclic) bond motifs is 1. The maximum Gasteiger partial charge on any atom is 0.148 e. The molecule has 20 heavy (non-hydrogen) atoms. The molecular weight excluding hydrogens is 253 g/mol. The third-order valence-electron chi connectivity index (χ3n) is 3.69. The van der Waals surface area contributed by atoms with Gasteiger partial charge in [-0.1, -0.05) is 6.07 Å². The number of aryl methyl sites for hydroxylation is 2. The van der Waals surface area contributed by atoms with E-state index in [1.807, 2.05) is 6.07 Å². The monoisotopic (exact) mass is 267 g/mol. The van der Waals surface area contributed by atoms with Crippen LogP contribution in [-0.4, -0.2) is 4.98 Å². The standard InChI is InChI=1S/C16H14FN3/c1-10-13(17)5-3-6-14(10)19-16-12(9-18)8-11-4-2-7-15(11)20-16/h3,5-6,8H,2,4,7H2,1H3,(H,19,20). The fraction of sp³-hybridized carbons (Fsp3) is 0.250. The lowest BCUT2D eigenvalue weighted by atomic mass is 10.1. The van der Waals surface area contributed by atoms with E-state index in [0.717, 1.165) is 30.5 Å². The zero-order chi connectivity index (χ0) is 14.1. The van der Waals surface area contributed by atoms with Crippen LogP contribution in [0.2, 0.25) is 0 Å². The van der Waals surface area contributed by atoms with Gasteiger partial charge in [-0.15, -0.1) is 0 Å². The van der Waals surface area contributed by atoms with Gasteiger partial charge >= 0.3 is 0 Å². The number of pyridine rings is 1. The van der Waals surface area contributed by atoms with E-state index in [-0.39, 0.29) is 5.82 Å². The molecule has 0 amide bonds. The number of nitrogens with zero attached hydrogens (tertiary/aromatic N) is 2. The molecule has 0 unspecified atom stereocenters. The summed E-state index contributed by atoms with van der Waals surface area (Å²) in [6.45, 7) is 1.71. The number of anilines is 2. The van der Waals surface area contributed by atoms with E-state index in [0.29, 0.717) is 22.6 Å². The first kappa shape index (κ1) is 12.6. The number of rotatable bonds is 2. The highest BCUT2D eigenvalue weighted by Crippen LogP contribution is 2.28. The van der Waals surface area contributed by atoms with Gasteiger partial charge < -0.3 is 5.32 Å². The van der Waals surface area contributed by atoms with Crippen molar-refractivity contribution in [1.82, 2.24) is 4.98 Å². The number of halogens is 1. The van der Waals surface area contributed by atoms with E-state index in [2.05, 4.69) is 16.4 Å². The van der Waals surface area contributed by atoms with Gasteiger partial charge in [0.1, 0.15) is 17.7 Å². The number of nitriles is 1. The molecule has 3 rings (SSSR count). The first-order chi connectivity index (χ1) is 9.69. The first-order valence-electron chi connectivity index (χ1n) is 6.64. The van der Waals surface area contributed by atoms with Crippen molar-refractivity contribution < 1.29 is 4.39 Å². The van der Waals surface area contributed by atoms with Crippen molar-refractivity contribution in [2.24, 2.45) is 0 Å². The summed E-state index contributed by atoms with van der Waals surface area (Å²) in [7, 11) is 0. The fourth-order valence-corrected chi connectivity index (χ4v) is 2.52. The summed E-state index contributed by atoms with van der Waals surface area (Å²) >= 11 is 0. The Balaban J connectivity index is 2.03. The zero-order valence-electron chi connectivity index (χ0n) is 11.2. The molecular formula is C16H14FN3. The summed E-state index contributed by atoms with van der Waals surface area (Å²) in [5, 5.41) is 12.3. The predicted octanol–water partition coefficient (Wildman–Crippen LogP) is 3.63. The molecule has 0 aliphatic heterocycles. The number of aromatic nitrogens is 1. The van der Waals surface area contributed by atoms with Crippen LogP contribution in [0.5, 0.6) is 0 Å². The summed E-state index contributed by atoms with van der Waals surface area (Å²) in [5.41, 5.74) is 3.88. The van der Waals surface area contributed by atoms with Gasteiger partial charge in [-0.05, 0) is 49.9 Å². The Hall–Kier alpha value is -2.41. The minimum absolute atomic E-state index is 0.269. The SMILES string of the molecule is Cc1c(F)cccc1Nc1nc2c(cc1C#N)CCC2. The summed E-state index contributed by atoms with van der Waals surface area (Å²) in [6, 6.07) is 8.90. The quantitative estimate of drug-likeness (QED) is 0.903. The van der Waals surface area contributed by atoms with Crippen LogP contribution in [0.15, 0.2) is 24.3 Å². The van der Waals surface area contributed by atoms with E-state index in [1.165, 1.54) is 6.07 Å². The number of benzene rings is 1. The van der Waals surface area contributed by atoms with Crippen molar-refractivity contribution in [3.8, 4) is 6.07 Å². The maximum atomic E-state index is 13.6. The lowest BCUT2D eigenvalue weighted by Gasteiger charge is -2.12. The minimum atomic E-state index is -0.269. The third kappa shape index (κ3) is 2.12. The molecule has 100 valence electrons. The topological polar surface area (TPSA) is 48.7 Å².